The SMILES string of the molecule is BrCc1ccccc1.Brc1nc2ccccc2c(Br)c1OCc1ccccc1.O=CO[O-].Oc1c(Br)nc2ccccc2c1Br.[Cs+].[Cs+].[H-]. The summed E-state index contributed by atoms with van der Waals surface area (Å²) in [6.45, 7) is 0.331. The number of ether oxygens (including phenoxy) is 1. The van der Waals surface area contributed by atoms with E-state index in [0.717, 1.165) is 42.9 Å². The molecule has 0 bridgehead atoms. The Labute approximate surface area is 434 Å². The number of alkyl halides is 1. The fourth-order valence-corrected chi connectivity index (χ4v) is 6.64. The number of hydrogen-bond donors (Lipinski definition) is 1. The van der Waals surface area contributed by atoms with Crippen LogP contribution in [0.4, 0.5) is 0 Å². The Morgan fingerprint density at radius 3 is 1.57 bits per heavy atom. The number of fused-ring (bicyclic) bond motifs is 2. The summed E-state index contributed by atoms with van der Waals surface area (Å²) in [5.74, 6) is 0.867. The predicted octanol–water partition coefficient (Wildman–Crippen LogP) is 3.94. The minimum absolute atomic E-state index is 0. The monoisotopic (exact) mass is 1190 g/mol. The Balaban J connectivity index is 0.000000683. The zero-order valence-corrected chi connectivity index (χ0v) is 45.7. The summed E-state index contributed by atoms with van der Waals surface area (Å²) in [5.41, 5.74) is 4.23. The first kappa shape index (κ1) is 46.3. The van der Waals surface area contributed by atoms with Crippen LogP contribution in [0, 0.1) is 0 Å². The summed E-state index contributed by atoms with van der Waals surface area (Å²) in [5, 5.41) is 20.9. The zero-order valence-electron chi connectivity index (χ0n) is 26.2. The van der Waals surface area contributed by atoms with Crippen LogP contribution in [0.2, 0.25) is 0 Å². The molecule has 6 aromatic rings. The molecule has 4 aromatic carbocycles. The van der Waals surface area contributed by atoms with Gasteiger partial charge in [0, 0.05) is 16.1 Å². The van der Waals surface area contributed by atoms with Crippen LogP contribution in [0.1, 0.15) is 12.6 Å². The second kappa shape index (κ2) is 26.1. The van der Waals surface area contributed by atoms with Gasteiger partial charge in [0.25, 0.3) is 6.47 Å². The number of carbonyl (C=O) groups excluding carboxylic acids is 1. The number of aromatic hydroxyl groups is 1. The van der Waals surface area contributed by atoms with Gasteiger partial charge in [0.05, 0.1) is 20.0 Å². The van der Waals surface area contributed by atoms with Crippen LogP contribution in [-0.2, 0) is 21.6 Å². The van der Waals surface area contributed by atoms with Crippen molar-refractivity contribution in [3.05, 3.63) is 138 Å². The number of benzene rings is 4. The number of carbonyl (C=O) groups is 1. The first-order valence-electron chi connectivity index (χ1n) is 13.0. The Bertz CT molecular complexity index is 1830. The smallest absolute Gasteiger partial charge is 1.00 e. The number of para-hydroxylation sites is 2. The van der Waals surface area contributed by atoms with Crippen molar-refractivity contribution in [1.82, 2.24) is 9.97 Å². The second-order valence-corrected chi connectivity index (χ2v) is 12.4. The minimum Gasteiger partial charge on any atom is -1.00 e. The standard InChI is InChI=1S/C16H11Br2NO.C9H5Br2NO.C7H7Br.CH2O3.2Cs.H/c17-14-12-8-4-5-9-13(12)19-16(18)15(14)20-10-11-6-2-1-3-7-11;10-7-5-3-1-2-4-6(5)12-9(11)8(7)13;8-6-7-4-2-1-3-5-7;2-1-4-3;;;/h1-9H,10H2;1-4,13H;1-5H,6H2;1,3H;;;/q;;;;2*+1;-1/p-1. The fourth-order valence-electron chi connectivity index (χ4n) is 3.68. The van der Waals surface area contributed by atoms with Crippen LogP contribution in [0.3, 0.4) is 0 Å². The van der Waals surface area contributed by atoms with Crippen molar-refractivity contribution >= 4 is 108 Å². The van der Waals surface area contributed by atoms with E-state index in [2.05, 4.69) is 107 Å². The van der Waals surface area contributed by atoms with Crippen LogP contribution in [0.25, 0.3) is 21.8 Å². The molecule has 6 rings (SSSR count). The molecule has 0 unspecified atom stereocenters. The van der Waals surface area contributed by atoms with Crippen molar-refractivity contribution in [3.63, 3.8) is 0 Å². The molecule has 14 heteroatoms. The van der Waals surface area contributed by atoms with Gasteiger partial charge in [-0.05, 0) is 87.0 Å². The van der Waals surface area contributed by atoms with Gasteiger partial charge in [-0.1, -0.05) is 113 Å². The number of pyridine rings is 2. The molecule has 0 atom stereocenters. The molecule has 1 N–H and O–H groups in total. The molecule has 0 fully saturated rings. The van der Waals surface area contributed by atoms with Crippen molar-refractivity contribution in [1.29, 1.82) is 0 Å². The summed E-state index contributed by atoms with van der Waals surface area (Å²) in [7, 11) is 0. The predicted molar refractivity (Wildman–Crippen MR) is 194 cm³/mol. The minimum atomic E-state index is -0.181. The molecule has 2 heterocycles. The van der Waals surface area contributed by atoms with E-state index in [9.17, 15) is 5.11 Å². The quantitative estimate of drug-likeness (QED) is 0.0919. The van der Waals surface area contributed by atoms with Crippen molar-refractivity contribution in [2.24, 2.45) is 0 Å². The number of rotatable bonds is 5. The maximum Gasteiger partial charge on any atom is 1.00 e. The Hall–Kier alpha value is 1.23. The maximum absolute atomic E-state index is 9.55. The molecular weight excluding hydrogens is 1170 g/mol. The molecule has 0 saturated carbocycles. The average Bonchev–Trinajstić information content (AvgIpc) is 3.09. The van der Waals surface area contributed by atoms with E-state index < -0.39 is 0 Å². The summed E-state index contributed by atoms with van der Waals surface area (Å²) in [6.07, 6.45) is 0. The van der Waals surface area contributed by atoms with Crippen LogP contribution < -0.4 is 148 Å². The van der Waals surface area contributed by atoms with Crippen molar-refractivity contribution in [3.8, 4) is 11.5 Å². The van der Waals surface area contributed by atoms with E-state index in [4.69, 9.17) is 14.8 Å². The molecule has 7 nitrogen and oxygen atoms in total. The summed E-state index contributed by atoms with van der Waals surface area (Å²) in [6, 6.07) is 35.9. The van der Waals surface area contributed by atoms with Crippen LogP contribution >= 0.6 is 79.6 Å². The number of aromatic nitrogens is 2. The maximum atomic E-state index is 9.55. The molecule has 0 spiro atoms. The van der Waals surface area contributed by atoms with Gasteiger partial charge >= 0.3 is 138 Å². The van der Waals surface area contributed by atoms with Gasteiger partial charge in [-0.2, -0.15) is 0 Å². The van der Waals surface area contributed by atoms with E-state index in [1.807, 2.05) is 97.1 Å². The van der Waals surface area contributed by atoms with Crippen LogP contribution in [0.5, 0.6) is 11.5 Å². The second-order valence-electron chi connectivity index (χ2n) is 8.73. The van der Waals surface area contributed by atoms with Gasteiger partial charge in [-0.25, -0.2) is 9.97 Å². The molecule has 0 aliphatic rings. The van der Waals surface area contributed by atoms with E-state index in [1.165, 1.54) is 5.56 Å². The van der Waals surface area contributed by atoms with Crippen LogP contribution in [-0.4, -0.2) is 21.5 Å². The van der Waals surface area contributed by atoms with Gasteiger partial charge in [0.2, 0.25) is 0 Å². The zero-order chi connectivity index (χ0) is 32.6. The van der Waals surface area contributed by atoms with Crippen molar-refractivity contribution in [2.75, 3.05) is 0 Å². The molecule has 0 saturated heterocycles. The average molecular weight is 1190 g/mol. The van der Waals surface area contributed by atoms with Gasteiger partial charge in [0.15, 0.2) is 11.5 Å². The largest absolute Gasteiger partial charge is 1.00 e. The third-order valence-electron chi connectivity index (χ3n) is 5.77. The summed E-state index contributed by atoms with van der Waals surface area (Å²) < 4.78 is 8.66. The van der Waals surface area contributed by atoms with E-state index in [0.29, 0.717) is 20.3 Å². The summed E-state index contributed by atoms with van der Waals surface area (Å²) in [4.78, 5) is 19.9. The normalized spacial score (nSPS) is 9.49. The third kappa shape index (κ3) is 15.4. The number of nitrogens with zero attached hydrogens (tertiary/aromatic N) is 2. The van der Waals surface area contributed by atoms with Gasteiger partial charge in [0.1, 0.15) is 15.8 Å². The first-order valence-corrected chi connectivity index (χ1v) is 17.2. The Morgan fingerprint density at radius 2 is 1.11 bits per heavy atom. The molecule has 234 valence electrons. The van der Waals surface area contributed by atoms with Gasteiger partial charge < -0.3 is 21.4 Å². The molecule has 0 radical (unpaired) electrons. The molecule has 0 aliphatic carbocycles. The summed E-state index contributed by atoms with van der Waals surface area (Å²) >= 11 is 16.9. The first-order chi connectivity index (χ1) is 21.8. The third-order valence-corrected chi connectivity index (χ3v) is 9.10. The van der Waals surface area contributed by atoms with Gasteiger partial charge in [-0.3, -0.25) is 4.79 Å². The molecule has 0 aliphatic heterocycles. The Morgan fingerprint density at radius 1 is 0.681 bits per heavy atom. The van der Waals surface area contributed by atoms with E-state index >= 15 is 0 Å². The van der Waals surface area contributed by atoms with E-state index in [1.54, 1.807) is 0 Å². The topological polar surface area (TPSA) is 105 Å². The Kier molecular flexibility index (Phi) is 25.7. The van der Waals surface area contributed by atoms with Crippen molar-refractivity contribution < 1.29 is 164 Å². The number of halogens is 5. The molecular formula is C33H25Br5Cs2N2O5. The molecule has 0 amide bonds. The fraction of sp³-hybridized carbons (Fsp3) is 0.0606. The van der Waals surface area contributed by atoms with Crippen LogP contribution in [0.15, 0.2) is 127 Å². The molecule has 2 aromatic heterocycles. The van der Waals surface area contributed by atoms with Crippen molar-refractivity contribution in [2.45, 2.75) is 11.9 Å². The molecule has 47 heavy (non-hydrogen) atoms. The number of hydrogen-bond acceptors (Lipinski definition) is 7. The van der Waals surface area contributed by atoms with Gasteiger partial charge in [-0.15, -0.1) is 0 Å². The van der Waals surface area contributed by atoms with E-state index in [-0.39, 0.29) is 151 Å².